The van der Waals surface area contributed by atoms with Gasteiger partial charge in [0.15, 0.2) is 0 Å². The highest BCUT2D eigenvalue weighted by Gasteiger charge is 2.24. The number of carbonyl (C=O) groups is 1. The van der Waals surface area contributed by atoms with Crippen molar-refractivity contribution in [2.24, 2.45) is 0 Å². The lowest BCUT2D eigenvalue weighted by atomic mass is 10.1. The van der Waals surface area contributed by atoms with Crippen LogP contribution < -0.4 is 16.0 Å². The molecule has 36 heavy (non-hydrogen) atoms. The highest BCUT2D eigenvalue weighted by Crippen LogP contribution is 2.22. The molecule has 3 aromatic heterocycles. The van der Waals surface area contributed by atoms with Crippen molar-refractivity contribution in [1.82, 2.24) is 25.2 Å². The molecule has 0 spiro atoms. The first-order valence-electron chi connectivity index (χ1n) is 12.2. The highest BCUT2D eigenvalue weighted by atomic mass is 16.1. The summed E-state index contributed by atoms with van der Waals surface area (Å²) in [6, 6.07) is 14.5. The quantitative estimate of drug-likeness (QED) is 0.418. The fourth-order valence-corrected chi connectivity index (χ4v) is 4.67. The van der Waals surface area contributed by atoms with Gasteiger partial charge in [0.2, 0.25) is 0 Å². The van der Waals surface area contributed by atoms with Gasteiger partial charge in [-0.1, -0.05) is 18.2 Å². The van der Waals surface area contributed by atoms with Gasteiger partial charge >= 0.3 is 0 Å². The summed E-state index contributed by atoms with van der Waals surface area (Å²) < 4.78 is 0. The van der Waals surface area contributed by atoms with Gasteiger partial charge in [0.1, 0.15) is 11.6 Å². The van der Waals surface area contributed by atoms with Crippen LogP contribution in [0.4, 0.5) is 11.6 Å². The molecular weight excluding hydrogens is 450 g/mol. The molecule has 0 radical (unpaired) electrons. The molecule has 1 aromatic carbocycles. The molecule has 0 bridgehead atoms. The molecule has 1 atom stereocenters. The van der Waals surface area contributed by atoms with E-state index >= 15 is 0 Å². The number of hydrogen-bond donors (Lipinski definition) is 2. The summed E-state index contributed by atoms with van der Waals surface area (Å²) in [4.78, 5) is 30.5. The molecule has 8 nitrogen and oxygen atoms in total. The zero-order valence-corrected chi connectivity index (χ0v) is 20.7. The molecule has 3 N–H and O–H groups in total. The van der Waals surface area contributed by atoms with Gasteiger partial charge in [-0.25, -0.2) is 9.97 Å². The van der Waals surface area contributed by atoms with Crippen molar-refractivity contribution in [3.05, 3.63) is 89.5 Å². The molecule has 8 heteroatoms. The number of nitrogen functional groups attached to an aromatic ring is 1. The first-order chi connectivity index (χ1) is 17.5. The summed E-state index contributed by atoms with van der Waals surface area (Å²) in [6.45, 7) is 2.45. The van der Waals surface area contributed by atoms with Gasteiger partial charge in [0.25, 0.3) is 5.91 Å². The standard InChI is InChI=1S/C28H31N7O/c1-34(2)24-8-10-35(18-24)26-6-4-19(15-32-26)11-21-13-23(17-30-14-21)28(36)33-16-20-3-5-25-22(12-20)7-9-31-27(25)29/h3-7,9,12-15,17,24H,8,10-11,16,18H2,1-2H3,(H2,29,31)(H,33,36). The molecular formula is C28H31N7O. The third-order valence-corrected chi connectivity index (χ3v) is 6.80. The predicted molar refractivity (Wildman–Crippen MR) is 143 cm³/mol. The molecule has 1 amide bonds. The predicted octanol–water partition coefficient (Wildman–Crippen LogP) is 3.27. The Balaban J connectivity index is 1.20. The molecule has 0 aliphatic carbocycles. The zero-order chi connectivity index (χ0) is 25.1. The van der Waals surface area contributed by atoms with Gasteiger partial charge in [-0.2, -0.15) is 0 Å². The number of pyridine rings is 3. The molecule has 5 rings (SSSR count). The van der Waals surface area contributed by atoms with Crippen molar-refractivity contribution in [1.29, 1.82) is 0 Å². The normalized spacial score (nSPS) is 15.5. The monoisotopic (exact) mass is 481 g/mol. The van der Waals surface area contributed by atoms with E-state index in [0.717, 1.165) is 52.8 Å². The topological polar surface area (TPSA) is 100 Å². The Labute approximate surface area is 211 Å². The fraction of sp³-hybridized carbons (Fsp3) is 0.286. The lowest BCUT2D eigenvalue weighted by Crippen LogP contribution is -2.31. The van der Waals surface area contributed by atoms with Gasteiger partial charge in [-0.15, -0.1) is 0 Å². The van der Waals surface area contributed by atoms with Crippen molar-refractivity contribution >= 4 is 28.3 Å². The highest BCUT2D eigenvalue weighted by molar-refractivity contribution is 5.94. The van der Waals surface area contributed by atoms with Crippen LogP contribution in [0.1, 0.15) is 33.5 Å². The number of nitrogens with one attached hydrogen (secondary N) is 1. The van der Waals surface area contributed by atoms with Gasteiger partial charge in [0, 0.05) is 62.3 Å². The second-order valence-electron chi connectivity index (χ2n) is 9.57. The minimum atomic E-state index is -0.156. The van der Waals surface area contributed by atoms with Gasteiger partial charge in [-0.05, 0) is 66.9 Å². The summed E-state index contributed by atoms with van der Waals surface area (Å²) in [7, 11) is 4.26. The van der Waals surface area contributed by atoms with E-state index in [1.54, 1.807) is 18.6 Å². The average molecular weight is 482 g/mol. The summed E-state index contributed by atoms with van der Waals surface area (Å²) in [6.07, 6.45) is 8.84. The third kappa shape index (κ3) is 5.28. The van der Waals surface area contributed by atoms with Crippen molar-refractivity contribution in [2.45, 2.75) is 25.4 Å². The summed E-state index contributed by atoms with van der Waals surface area (Å²) >= 11 is 0. The van der Waals surface area contributed by atoms with Crippen LogP contribution in [0.5, 0.6) is 0 Å². The van der Waals surface area contributed by atoms with Crippen LogP contribution >= 0.6 is 0 Å². The Morgan fingerprint density at radius 2 is 1.92 bits per heavy atom. The molecule has 0 saturated carbocycles. The number of fused-ring (bicyclic) bond motifs is 1. The fourth-order valence-electron chi connectivity index (χ4n) is 4.67. The van der Waals surface area contributed by atoms with E-state index in [1.165, 1.54) is 0 Å². The summed E-state index contributed by atoms with van der Waals surface area (Å²) in [5, 5.41) is 4.90. The minimum Gasteiger partial charge on any atom is -0.383 e. The number of nitrogens with zero attached hydrogens (tertiary/aromatic N) is 5. The molecule has 4 aromatic rings. The Kier molecular flexibility index (Phi) is 6.77. The Hall–Kier alpha value is -4.04. The number of likely N-dealkylation sites (N-methyl/N-ethyl adjacent to an activating group) is 1. The number of nitrogens with two attached hydrogens (primary N) is 1. The number of amides is 1. The van der Waals surface area contributed by atoms with Crippen molar-refractivity contribution in [3.8, 4) is 0 Å². The van der Waals surface area contributed by atoms with E-state index in [9.17, 15) is 4.79 Å². The number of hydrogen-bond acceptors (Lipinski definition) is 7. The first kappa shape index (κ1) is 23.7. The van der Waals surface area contributed by atoms with E-state index in [1.807, 2.05) is 36.5 Å². The van der Waals surface area contributed by atoms with Crippen molar-refractivity contribution < 1.29 is 4.79 Å². The number of anilines is 2. The van der Waals surface area contributed by atoms with Gasteiger partial charge < -0.3 is 20.9 Å². The smallest absolute Gasteiger partial charge is 0.253 e. The van der Waals surface area contributed by atoms with Crippen LogP contribution in [0, 0.1) is 0 Å². The van der Waals surface area contributed by atoms with E-state index in [2.05, 4.69) is 51.3 Å². The largest absolute Gasteiger partial charge is 0.383 e. The lowest BCUT2D eigenvalue weighted by Gasteiger charge is -2.21. The minimum absolute atomic E-state index is 0.156. The van der Waals surface area contributed by atoms with Gasteiger partial charge in [0.05, 0.1) is 5.56 Å². The van der Waals surface area contributed by atoms with Crippen LogP contribution in [0.25, 0.3) is 10.8 Å². The van der Waals surface area contributed by atoms with Crippen molar-refractivity contribution in [3.63, 3.8) is 0 Å². The third-order valence-electron chi connectivity index (χ3n) is 6.80. The molecule has 1 saturated heterocycles. The van der Waals surface area contributed by atoms with Crippen LogP contribution in [0.15, 0.2) is 67.3 Å². The lowest BCUT2D eigenvalue weighted by molar-refractivity contribution is 0.0950. The van der Waals surface area contributed by atoms with Crippen LogP contribution in [0.2, 0.25) is 0 Å². The number of benzene rings is 1. The van der Waals surface area contributed by atoms with Crippen LogP contribution in [-0.4, -0.2) is 59.0 Å². The maximum absolute atomic E-state index is 12.8. The summed E-state index contributed by atoms with van der Waals surface area (Å²) in [5.74, 6) is 1.36. The van der Waals surface area contributed by atoms with E-state index in [-0.39, 0.29) is 5.91 Å². The average Bonchev–Trinajstić information content (AvgIpc) is 3.39. The van der Waals surface area contributed by atoms with E-state index in [0.29, 0.717) is 30.4 Å². The van der Waals surface area contributed by atoms with Crippen LogP contribution in [-0.2, 0) is 13.0 Å². The van der Waals surface area contributed by atoms with E-state index in [4.69, 9.17) is 10.7 Å². The second-order valence-corrected chi connectivity index (χ2v) is 9.57. The molecule has 1 fully saturated rings. The summed E-state index contributed by atoms with van der Waals surface area (Å²) in [5.41, 5.74) is 9.52. The molecule has 1 aliphatic heterocycles. The maximum atomic E-state index is 12.8. The Morgan fingerprint density at radius 1 is 1.06 bits per heavy atom. The number of aromatic nitrogens is 3. The Bertz CT molecular complexity index is 1370. The van der Waals surface area contributed by atoms with Crippen LogP contribution in [0.3, 0.4) is 0 Å². The van der Waals surface area contributed by atoms with E-state index < -0.39 is 0 Å². The molecule has 184 valence electrons. The first-order valence-corrected chi connectivity index (χ1v) is 12.2. The van der Waals surface area contributed by atoms with Crippen molar-refractivity contribution in [2.75, 3.05) is 37.8 Å². The van der Waals surface area contributed by atoms with Gasteiger partial charge in [-0.3, -0.25) is 9.78 Å². The number of rotatable bonds is 7. The molecule has 1 aliphatic rings. The molecule has 4 heterocycles. The number of carbonyl (C=O) groups excluding carboxylic acids is 1. The zero-order valence-electron chi connectivity index (χ0n) is 20.7. The second kappa shape index (κ2) is 10.3. The molecule has 1 unspecified atom stereocenters. The maximum Gasteiger partial charge on any atom is 0.253 e. The SMILES string of the molecule is CN(C)C1CCN(c2ccc(Cc3cncc(C(=O)NCc4ccc5c(N)nccc5c4)c3)cn2)C1. The Morgan fingerprint density at radius 3 is 2.69 bits per heavy atom.